The Morgan fingerprint density at radius 1 is 1.00 bits per heavy atom. The van der Waals surface area contributed by atoms with Crippen molar-refractivity contribution < 1.29 is 18.9 Å². The van der Waals surface area contributed by atoms with Gasteiger partial charge in [0.15, 0.2) is 0 Å². The van der Waals surface area contributed by atoms with Gasteiger partial charge in [-0.15, -0.1) is 0 Å². The summed E-state index contributed by atoms with van der Waals surface area (Å²) in [5.41, 5.74) is 0.817. The number of hydrogen-bond acceptors (Lipinski definition) is 7. The van der Waals surface area contributed by atoms with E-state index in [-0.39, 0.29) is 0 Å². The average Bonchev–Trinajstić information content (AvgIpc) is 2.49. The smallest absolute Gasteiger partial charge is 0.224 e. The monoisotopic (exact) mass is 285 g/mol. The first kappa shape index (κ1) is 16.6. The number of hydrogen-bond donors (Lipinski definition) is 1. The molecule has 0 saturated heterocycles. The third-order valence-electron chi connectivity index (χ3n) is 2.63. The molecule has 1 aromatic rings. The molecule has 1 N–H and O–H groups in total. The maximum atomic E-state index is 5.38. The minimum atomic E-state index is 0.528. The number of nitrogens with one attached hydrogen (secondary N) is 1. The van der Waals surface area contributed by atoms with E-state index in [9.17, 15) is 0 Å². The topological polar surface area (TPSA) is 74.7 Å². The highest BCUT2D eigenvalue weighted by molar-refractivity contribution is 5.34. The zero-order chi connectivity index (χ0) is 14.6. The lowest BCUT2D eigenvalue weighted by atomic mass is 10.3. The second kappa shape index (κ2) is 10.4. The molecule has 20 heavy (non-hydrogen) atoms. The lowest BCUT2D eigenvalue weighted by Crippen LogP contribution is -2.18. The first-order valence-corrected chi connectivity index (χ1v) is 6.52. The molecule has 1 heterocycles. The molecular weight excluding hydrogens is 262 g/mol. The molecule has 1 rings (SSSR count). The predicted octanol–water partition coefficient (Wildman–Crippen LogP) is 0.636. The molecule has 7 heteroatoms. The SMILES string of the molecule is COCCOCCCNCc1c(OC)ncnc1OC. The second-order valence-electron chi connectivity index (χ2n) is 4.01. The van der Waals surface area contributed by atoms with Crippen LogP contribution < -0.4 is 14.8 Å². The van der Waals surface area contributed by atoms with Crippen molar-refractivity contribution in [2.24, 2.45) is 0 Å². The average molecular weight is 285 g/mol. The first-order valence-electron chi connectivity index (χ1n) is 6.52. The van der Waals surface area contributed by atoms with Crippen molar-refractivity contribution >= 4 is 0 Å². The predicted molar refractivity (Wildman–Crippen MR) is 74.2 cm³/mol. The van der Waals surface area contributed by atoms with E-state index in [4.69, 9.17) is 18.9 Å². The van der Waals surface area contributed by atoms with Crippen LogP contribution in [0.5, 0.6) is 11.8 Å². The van der Waals surface area contributed by atoms with Crippen molar-refractivity contribution in [3.05, 3.63) is 11.9 Å². The number of nitrogens with zero attached hydrogens (tertiary/aromatic N) is 2. The summed E-state index contributed by atoms with van der Waals surface area (Å²) in [6.07, 6.45) is 2.34. The number of ether oxygens (including phenoxy) is 4. The summed E-state index contributed by atoms with van der Waals surface area (Å²) in [5, 5.41) is 3.29. The highest BCUT2D eigenvalue weighted by Crippen LogP contribution is 2.22. The molecule has 0 saturated carbocycles. The van der Waals surface area contributed by atoms with Crippen molar-refractivity contribution in [1.29, 1.82) is 0 Å². The van der Waals surface area contributed by atoms with Crippen molar-refractivity contribution in [3.8, 4) is 11.8 Å². The Bertz CT molecular complexity index is 354. The lowest BCUT2D eigenvalue weighted by molar-refractivity contribution is 0.0694. The fraction of sp³-hybridized carbons (Fsp3) is 0.692. The van der Waals surface area contributed by atoms with E-state index in [1.165, 1.54) is 6.33 Å². The molecule has 0 unspecified atom stereocenters. The van der Waals surface area contributed by atoms with Crippen LogP contribution in [0, 0.1) is 0 Å². The lowest BCUT2D eigenvalue weighted by Gasteiger charge is -2.11. The van der Waals surface area contributed by atoms with Gasteiger partial charge in [-0.3, -0.25) is 0 Å². The summed E-state index contributed by atoms with van der Waals surface area (Å²) in [7, 11) is 4.82. The van der Waals surface area contributed by atoms with Crippen LogP contribution >= 0.6 is 0 Å². The molecule has 0 aromatic carbocycles. The summed E-state index contributed by atoms with van der Waals surface area (Å²) in [5.74, 6) is 1.06. The number of methoxy groups -OCH3 is 3. The number of aromatic nitrogens is 2. The minimum absolute atomic E-state index is 0.528. The summed E-state index contributed by atoms with van der Waals surface area (Å²) < 4.78 is 20.7. The fourth-order valence-electron chi connectivity index (χ4n) is 1.64. The van der Waals surface area contributed by atoms with Crippen LogP contribution in [0.15, 0.2) is 6.33 Å². The van der Waals surface area contributed by atoms with E-state index >= 15 is 0 Å². The van der Waals surface area contributed by atoms with Crippen molar-refractivity contribution in [2.75, 3.05) is 47.7 Å². The van der Waals surface area contributed by atoms with Gasteiger partial charge < -0.3 is 24.3 Å². The Labute approximate surface area is 119 Å². The molecular formula is C13H23N3O4. The van der Waals surface area contributed by atoms with Gasteiger partial charge >= 0.3 is 0 Å². The Hall–Kier alpha value is -1.44. The highest BCUT2D eigenvalue weighted by atomic mass is 16.5. The summed E-state index contributed by atoms with van der Waals surface area (Å²) in [4.78, 5) is 8.13. The van der Waals surface area contributed by atoms with Crippen LogP contribution in [0.4, 0.5) is 0 Å². The Morgan fingerprint density at radius 3 is 2.30 bits per heavy atom. The molecule has 0 atom stereocenters. The van der Waals surface area contributed by atoms with Crippen LogP contribution in [0.25, 0.3) is 0 Å². The normalized spacial score (nSPS) is 10.6. The summed E-state index contributed by atoms with van der Waals surface area (Å²) in [6, 6.07) is 0. The van der Waals surface area contributed by atoms with Gasteiger partial charge in [0.25, 0.3) is 0 Å². The standard InChI is InChI=1S/C13H23N3O4/c1-17-7-8-20-6-4-5-14-9-11-12(18-2)15-10-16-13(11)19-3/h10,14H,4-9H2,1-3H3. The molecule has 0 aliphatic rings. The highest BCUT2D eigenvalue weighted by Gasteiger charge is 2.11. The van der Waals surface area contributed by atoms with Gasteiger partial charge in [-0.25, -0.2) is 9.97 Å². The maximum absolute atomic E-state index is 5.38. The van der Waals surface area contributed by atoms with Crippen LogP contribution in [0.2, 0.25) is 0 Å². The van der Waals surface area contributed by atoms with E-state index in [2.05, 4.69) is 15.3 Å². The minimum Gasteiger partial charge on any atom is -0.481 e. The fourth-order valence-corrected chi connectivity index (χ4v) is 1.64. The van der Waals surface area contributed by atoms with E-state index < -0.39 is 0 Å². The molecule has 7 nitrogen and oxygen atoms in total. The molecule has 0 aliphatic heterocycles. The molecule has 0 radical (unpaired) electrons. The van der Waals surface area contributed by atoms with Crippen molar-refractivity contribution in [1.82, 2.24) is 15.3 Å². The van der Waals surface area contributed by atoms with E-state index in [1.807, 2.05) is 0 Å². The van der Waals surface area contributed by atoms with E-state index in [1.54, 1.807) is 21.3 Å². The molecule has 0 amide bonds. The third kappa shape index (κ3) is 5.68. The van der Waals surface area contributed by atoms with Crippen molar-refractivity contribution in [3.63, 3.8) is 0 Å². The van der Waals surface area contributed by atoms with Crippen molar-refractivity contribution in [2.45, 2.75) is 13.0 Å². The van der Waals surface area contributed by atoms with Gasteiger partial charge in [0.05, 0.1) is 33.0 Å². The van der Waals surface area contributed by atoms with Crippen LogP contribution in [-0.2, 0) is 16.0 Å². The maximum Gasteiger partial charge on any atom is 0.224 e. The Kier molecular flexibility index (Phi) is 8.61. The molecule has 0 bridgehead atoms. The molecule has 0 fully saturated rings. The largest absolute Gasteiger partial charge is 0.481 e. The first-order chi connectivity index (χ1) is 9.83. The van der Waals surface area contributed by atoms with Gasteiger partial charge in [-0.2, -0.15) is 0 Å². The summed E-state index contributed by atoms with van der Waals surface area (Å²) in [6.45, 7) is 3.38. The summed E-state index contributed by atoms with van der Waals surface area (Å²) >= 11 is 0. The van der Waals surface area contributed by atoms with Gasteiger partial charge in [0, 0.05) is 20.3 Å². The van der Waals surface area contributed by atoms with Crippen LogP contribution in [-0.4, -0.2) is 57.7 Å². The van der Waals surface area contributed by atoms with Gasteiger partial charge in [-0.05, 0) is 13.0 Å². The Morgan fingerprint density at radius 2 is 1.70 bits per heavy atom. The quantitative estimate of drug-likeness (QED) is 0.598. The zero-order valence-corrected chi connectivity index (χ0v) is 12.3. The van der Waals surface area contributed by atoms with Gasteiger partial charge in [0.2, 0.25) is 11.8 Å². The molecule has 114 valence electrons. The van der Waals surface area contributed by atoms with E-state index in [0.717, 1.165) is 18.5 Å². The van der Waals surface area contributed by atoms with Gasteiger partial charge in [0.1, 0.15) is 6.33 Å². The molecule has 0 spiro atoms. The number of rotatable bonds is 11. The zero-order valence-electron chi connectivity index (χ0n) is 12.3. The Balaban J connectivity index is 2.27. The van der Waals surface area contributed by atoms with Crippen LogP contribution in [0.1, 0.15) is 12.0 Å². The van der Waals surface area contributed by atoms with Crippen LogP contribution in [0.3, 0.4) is 0 Å². The van der Waals surface area contributed by atoms with E-state index in [0.29, 0.717) is 38.1 Å². The molecule has 1 aromatic heterocycles. The van der Waals surface area contributed by atoms with Gasteiger partial charge in [-0.1, -0.05) is 0 Å². The third-order valence-corrected chi connectivity index (χ3v) is 2.63. The molecule has 0 aliphatic carbocycles. The second-order valence-corrected chi connectivity index (χ2v) is 4.01.